The van der Waals surface area contributed by atoms with E-state index in [-0.39, 0.29) is 11.5 Å². The van der Waals surface area contributed by atoms with E-state index in [1.54, 1.807) is 30.6 Å². The quantitative estimate of drug-likeness (QED) is 0.0496. The topological polar surface area (TPSA) is 98.3 Å². The highest BCUT2D eigenvalue weighted by atomic mass is 32.2. The third-order valence-electron chi connectivity index (χ3n) is 6.39. The molecule has 6 aromatic rings. The van der Waals surface area contributed by atoms with E-state index >= 15 is 0 Å². The predicted octanol–water partition coefficient (Wildman–Crippen LogP) is 9.14. The largest absolute Gasteiger partial charge is 0.293 e. The molecule has 7 nitrogen and oxygen atoms in total. The number of carbonyl (C=O) groups excluding carboxylic acids is 1. The molecule has 10 heteroatoms. The molecule has 0 amide bonds. The number of aromatic nitrogens is 2. The van der Waals surface area contributed by atoms with Crippen LogP contribution in [-0.4, -0.2) is 32.6 Å². The van der Waals surface area contributed by atoms with Gasteiger partial charge in [-0.1, -0.05) is 90.3 Å². The normalized spacial score (nSPS) is 11.3. The van der Waals surface area contributed by atoms with E-state index in [0.717, 1.165) is 25.7 Å². The Morgan fingerprint density at radius 1 is 0.907 bits per heavy atom. The third kappa shape index (κ3) is 7.06. The summed E-state index contributed by atoms with van der Waals surface area (Å²) in [5.74, 6) is 0.343. The van der Waals surface area contributed by atoms with Gasteiger partial charge in [0.2, 0.25) is 0 Å². The first-order valence-electron chi connectivity index (χ1n) is 13.2. The van der Waals surface area contributed by atoms with Gasteiger partial charge >= 0.3 is 0 Å². The van der Waals surface area contributed by atoms with Gasteiger partial charge in [0.15, 0.2) is 10.1 Å². The summed E-state index contributed by atoms with van der Waals surface area (Å²) in [4.78, 5) is 38.1. The van der Waals surface area contributed by atoms with Crippen molar-refractivity contribution in [1.82, 2.24) is 9.97 Å². The minimum absolute atomic E-state index is 0.000799. The molecule has 4 aromatic carbocycles. The lowest BCUT2D eigenvalue weighted by molar-refractivity contribution is -0.387. The Labute approximate surface area is 259 Å². The molecule has 43 heavy (non-hydrogen) atoms. The number of thioether (sulfide) groups is 1. The number of fused-ring (bicyclic) bond motifs is 1. The van der Waals surface area contributed by atoms with Crippen LogP contribution in [0.5, 0.6) is 0 Å². The maximum absolute atomic E-state index is 12.8. The summed E-state index contributed by atoms with van der Waals surface area (Å²) in [6, 6.07) is 33.9. The molecule has 0 fully saturated rings. The maximum Gasteiger partial charge on any atom is 0.283 e. The molecule has 0 bridgehead atoms. The van der Waals surface area contributed by atoms with Crippen LogP contribution in [0.15, 0.2) is 135 Å². The van der Waals surface area contributed by atoms with E-state index in [1.807, 2.05) is 84.9 Å². The Bertz CT molecular complexity index is 1940. The number of nitro benzene ring substituents is 1. The van der Waals surface area contributed by atoms with E-state index in [9.17, 15) is 14.9 Å². The van der Waals surface area contributed by atoms with Crippen LogP contribution >= 0.6 is 34.9 Å². The minimum Gasteiger partial charge on any atom is -0.293 e. The Balaban J connectivity index is 1.11. The lowest BCUT2D eigenvalue weighted by Crippen LogP contribution is -2.01. The van der Waals surface area contributed by atoms with Gasteiger partial charge in [-0.05, 0) is 53.1 Å². The number of nitro groups is 1. The number of Topliss-reactive ketones (excluding diaryl/α,β-unsaturated/α-hetero) is 1. The number of benzene rings is 4. The summed E-state index contributed by atoms with van der Waals surface area (Å²) >= 11 is 4.18. The van der Waals surface area contributed by atoms with Gasteiger partial charge in [-0.3, -0.25) is 19.9 Å². The highest BCUT2D eigenvalue weighted by Crippen LogP contribution is 2.35. The van der Waals surface area contributed by atoms with Gasteiger partial charge in [-0.2, -0.15) is 0 Å². The smallest absolute Gasteiger partial charge is 0.283 e. The lowest BCUT2D eigenvalue weighted by atomic mass is 10.0. The molecule has 0 spiro atoms. The number of hydrogen-bond donors (Lipinski definition) is 0. The van der Waals surface area contributed by atoms with E-state index in [4.69, 9.17) is 0 Å². The highest BCUT2D eigenvalue weighted by Gasteiger charge is 2.16. The van der Waals surface area contributed by atoms with Crippen LogP contribution in [0.4, 0.5) is 11.4 Å². The van der Waals surface area contributed by atoms with Crippen molar-refractivity contribution >= 4 is 68.4 Å². The molecular formula is C33H22N4O3S3. The maximum atomic E-state index is 12.8. The summed E-state index contributed by atoms with van der Waals surface area (Å²) in [5, 5.41) is 12.4. The minimum atomic E-state index is -0.393. The van der Waals surface area contributed by atoms with Crippen LogP contribution in [0, 0.1) is 10.1 Å². The molecule has 2 heterocycles. The van der Waals surface area contributed by atoms with E-state index < -0.39 is 4.92 Å². The molecule has 0 aliphatic rings. The summed E-state index contributed by atoms with van der Waals surface area (Å²) in [6.45, 7) is 0. The molecule has 0 saturated heterocycles. The van der Waals surface area contributed by atoms with Gasteiger partial charge in [0.05, 0.1) is 31.5 Å². The average molecular weight is 619 g/mol. The van der Waals surface area contributed by atoms with Crippen LogP contribution in [0.3, 0.4) is 0 Å². The fraction of sp³-hybridized carbons (Fsp3) is 0.0303. The Morgan fingerprint density at radius 3 is 2.47 bits per heavy atom. The van der Waals surface area contributed by atoms with Crippen LogP contribution in [0.2, 0.25) is 0 Å². The molecule has 0 radical (unpaired) electrons. The SMILES string of the molecule is O=C(CSc1nc2ccc(N=Cc3ccc(Sc4ccccn4)c([N+](=O)[O-])c3)cc2s1)c1ccc(-c2ccccc2)cc1. The summed E-state index contributed by atoms with van der Waals surface area (Å²) in [5.41, 5.74) is 5.02. The molecule has 0 atom stereocenters. The van der Waals surface area contributed by atoms with Crippen LogP contribution in [0.25, 0.3) is 21.3 Å². The number of ketones is 1. The monoisotopic (exact) mass is 618 g/mol. The van der Waals surface area contributed by atoms with Gasteiger partial charge in [0.1, 0.15) is 5.03 Å². The van der Waals surface area contributed by atoms with Crippen molar-refractivity contribution in [3.05, 3.63) is 137 Å². The van der Waals surface area contributed by atoms with Gasteiger partial charge in [-0.25, -0.2) is 9.97 Å². The Morgan fingerprint density at radius 2 is 1.70 bits per heavy atom. The molecule has 0 aliphatic heterocycles. The van der Waals surface area contributed by atoms with Crippen molar-refractivity contribution in [3.63, 3.8) is 0 Å². The zero-order chi connectivity index (χ0) is 29.6. The van der Waals surface area contributed by atoms with Crippen LogP contribution in [0.1, 0.15) is 15.9 Å². The summed E-state index contributed by atoms with van der Waals surface area (Å²) in [6.07, 6.45) is 3.27. The molecule has 0 unspecified atom stereocenters. The van der Waals surface area contributed by atoms with E-state index in [1.165, 1.54) is 40.9 Å². The second kappa shape index (κ2) is 13.1. The summed E-state index contributed by atoms with van der Waals surface area (Å²) < 4.78 is 1.76. The average Bonchev–Trinajstić information content (AvgIpc) is 3.46. The molecule has 0 N–H and O–H groups in total. The molecule has 0 saturated carbocycles. The van der Waals surface area contributed by atoms with Gasteiger partial charge in [0.25, 0.3) is 5.69 Å². The highest BCUT2D eigenvalue weighted by molar-refractivity contribution is 8.01. The van der Waals surface area contributed by atoms with Crippen LogP contribution in [-0.2, 0) is 0 Å². The van der Waals surface area contributed by atoms with Crippen LogP contribution < -0.4 is 0 Å². The molecular weight excluding hydrogens is 597 g/mol. The molecule has 0 aliphatic carbocycles. The van der Waals surface area contributed by atoms with Gasteiger partial charge in [0, 0.05) is 24.0 Å². The number of thiazole rings is 1. The fourth-order valence-corrected chi connectivity index (χ4v) is 7.09. The number of hydrogen-bond acceptors (Lipinski definition) is 9. The molecule has 210 valence electrons. The second-order valence-electron chi connectivity index (χ2n) is 9.30. The molecule has 6 rings (SSSR count). The van der Waals surface area contributed by atoms with Gasteiger partial charge in [-0.15, -0.1) is 11.3 Å². The predicted molar refractivity (Wildman–Crippen MR) is 175 cm³/mol. The third-order valence-corrected chi connectivity index (χ3v) is 9.56. The zero-order valence-electron chi connectivity index (χ0n) is 22.5. The van der Waals surface area contributed by atoms with Crippen molar-refractivity contribution in [3.8, 4) is 11.1 Å². The van der Waals surface area contributed by atoms with E-state index in [2.05, 4.69) is 15.0 Å². The number of carbonyl (C=O) groups is 1. The number of nitrogens with zero attached hydrogens (tertiary/aromatic N) is 4. The second-order valence-corrected chi connectivity index (χ2v) is 12.6. The number of pyridine rings is 1. The first kappa shape index (κ1) is 28.5. The van der Waals surface area contributed by atoms with Crippen molar-refractivity contribution in [2.45, 2.75) is 14.3 Å². The Kier molecular flexibility index (Phi) is 8.69. The molecule has 2 aromatic heterocycles. The fourth-order valence-electron chi connectivity index (χ4n) is 4.24. The first-order valence-corrected chi connectivity index (χ1v) is 15.8. The van der Waals surface area contributed by atoms with Crippen molar-refractivity contribution in [2.75, 3.05) is 5.75 Å². The lowest BCUT2D eigenvalue weighted by Gasteiger charge is -2.03. The standard InChI is InChI=1S/C33H22N4O3S3/c38-29(25-12-10-24(11-13-25)23-6-2-1-3-7-23)21-41-33-36-27-15-14-26(19-31(27)43-33)35-20-22-9-16-30(28(18-22)37(39)40)42-32-8-4-5-17-34-32/h1-20H,21H2. The summed E-state index contributed by atoms with van der Waals surface area (Å²) in [7, 11) is 0. The van der Waals surface area contributed by atoms with Crippen molar-refractivity contribution in [2.24, 2.45) is 4.99 Å². The Hall–Kier alpha value is -4.64. The number of rotatable bonds is 10. The first-order chi connectivity index (χ1) is 21.0. The van der Waals surface area contributed by atoms with Gasteiger partial charge < -0.3 is 0 Å². The van der Waals surface area contributed by atoms with Crippen molar-refractivity contribution < 1.29 is 9.72 Å². The zero-order valence-corrected chi connectivity index (χ0v) is 24.9. The van der Waals surface area contributed by atoms with Crippen molar-refractivity contribution in [1.29, 1.82) is 0 Å². The number of aliphatic imine (C=N–C) groups is 1. The van der Waals surface area contributed by atoms with E-state index in [0.29, 0.717) is 32.5 Å².